The third-order valence-corrected chi connectivity index (χ3v) is 5.55. The van der Waals surface area contributed by atoms with Crippen molar-refractivity contribution in [3.05, 3.63) is 23.4 Å². The first-order valence-electron chi connectivity index (χ1n) is 7.97. The molecule has 116 valence electrons. The maximum Gasteiger partial charge on any atom is 0.233 e. The predicted molar refractivity (Wildman–Crippen MR) is 83.5 cm³/mol. The molecule has 0 bridgehead atoms. The minimum atomic E-state index is 0.203. The van der Waals surface area contributed by atoms with E-state index in [-0.39, 0.29) is 11.8 Å². The summed E-state index contributed by atoms with van der Waals surface area (Å²) in [4.78, 5) is 19.9. The molecule has 1 amide bonds. The van der Waals surface area contributed by atoms with Gasteiger partial charge in [0.1, 0.15) is 0 Å². The number of amides is 1. The quantitative estimate of drug-likeness (QED) is 0.871. The van der Waals surface area contributed by atoms with Gasteiger partial charge >= 0.3 is 0 Å². The number of thiophene rings is 1. The van der Waals surface area contributed by atoms with Crippen LogP contribution in [0.4, 0.5) is 0 Å². The summed E-state index contributed by atoms with van der Waals surface area (Å²) in [5.41, 5.74) is 0. The highest BCUT2D eigenvalue weighted by atomic mass is 32.1. The molecule has 5 nitrogen and oxygen atoms in total. The molecule has 1 saturated carbocycles. The Morgan fingerprint density at radius 1 is 1.27 bits per heavy atom. The van der Waals surface area contributed by atoms with Crippen LogP contribution in [-0.4, -0.2) is 34.0 Å². The molecule has 0 unspecified atom stereocenters. The molecule has 0 spiro atoms. The maximum atomic E-state index is 12.4. The summed E-state index contributed by atoms with van der Waals surface area (Å²) in [6.45, 7) is 1.45. The van der Waals surface area contributed by atoms with Gasteiger partial charge < -0.3 is 9.42 Å². The lowest BCUT2D eigenvalue weighted by atomic mass is 9.86. The van der Waals surface area contributed by atoms with Gasteiger partial charge in [0.05, 0.1) is 10.8 Å². The van der Waals surface area contributed by atoms with E-state index >= 15 is 0 Å². The molecule has 2 aromatic heterocycles. The summed E-state index contributed by atoms with van der Waals surface area (Å²) in [5, 5.41) is 6.04. The van der Waals surface area contributed by atoms with Crippen LogP contribution in [0.1, 0.15) is 43.9 Å². The summed E-state index contributed by atoms with van der Waals surface area (Å²) < 4.78 is 5.37. The number of nitrogens with zero attached hydrogens (tertiary/aromatic N) is 3. The van der Waals surface area contributed by atoms with Crippen LogP contribution < -0.4 is 0 Å². The monoisotopic (exact) mass is 317 g/mol. The number of rotatable bonds is 3. The largest absolute Gasteiger partial charge is 0.341 e. The molecule has 1 saturated heterocycles. The van der Waals surface area contributed by atoms with Crippen molar-refractivity contribution in [2.24, 2.45) is 5.92 Å². The van der Waals surface area contributed by atoms with Gasteiger partial charge in [-0.15, -0.1) is 11.3 Å². The van der Waals surface area contributed by atoms with Crippen molar-refractivity contribution in [2.45, 2.75) is 38.0 Å². The first kappa shape index (κ1) is 13.9. The average molecular weight is 317 g/mol. The summed E-state index contributed by atoms with van der Waals surface area (Å²) in [7, 11) is 0. The molecule has 6 heteroatoms. The fraction of sp³-hybridized carbons (Fsp3) is 0.562. The van der Waals surface area contributed by atoms with Crippen LogP contribution >= 0.6 is 11.3 Å². The minimum absolute atomic E-state index is 0.203. The zero-order chi connectivity index (χ0) is 14.9. The number of aromatic nitrogens is 2. The molecule has 0 radical (unpaired) electrons. The van der Waals surface area contributed by atoms with Crippen LogP contribution in [0, 0.1) is 5.92 Å². The highest BCUT2D eigenvalue weighted by Crippen LogP contribution is 2.32. The lowest BCUT2D eigenvalue weighted by Gasteiger charge is -2.39. The molecule has 0 N–H and O–H groups in total. The van der Waals surface area contributed by atoms with Gasteiger partial charge in [0.15, 0.2) is 0 Å². The zero-order valence-electron chi connectivity index (χ0n) is 12.4. The van der Waals surface area contributed by atoms with Gasteiger partial charge in [0, 0.05) is 19.0 Å². The summed E-state index contributed by atoms with van der Waals surface area (Å²) in [6.07, 6.45) is 5.79. The van der Waals surface area contributed by atoms with Crippen LogP contribution in [0.2, 0.25) is 0 Å². The van der Waals surface area contributed by atoms with Crippen LogP contribution in [0.15, 0.2) is 22.0 Å². The van der Waals surface area contributed by atoms with Gasteiger partial charge in [-0.05, 0) is 24.3 Å². The molecule has 2 fully saturated rings. The van der Waals surface area contributed by atoms with Gasteiger partial charge in [-0.2, -0.15) is 4.98 Å². The number of carbonyl (C=O) groups is 1. The van der Waals surface area contributed by atoms with Gasteiger partial charge in [-0.1, -0.05) is 30.5 Å². The van der Waals surface area contributed by atoms with Crippen molar-refractivity contribution < 1.29 is 9.32 Å². The van der Waals surface area contributed by atoms with Crippen LogP contribution in [-0.2, 0) is 4.79 Å². The lowest BCUT2D eigenvalue weighted by Crippen LogP contribution is -2.51. The zero-order valence-corrected chi connectivity index (χ0v) is 13.2. The van der Waals surface area contributed by atoms with E-state index in [0.29, 0.717) is 17.6 Å². The van der Waals surface area contributed by atoms with Crippen LogP contribution in [0.3, 0.4) is 0 Å². The smallest absolute Gasteiger partial charge is 0.233 e. The predicted octanol–water partition coefficient (Wildman–Crippen LogP) is 3.30. The molecular formula is C16H19N3O2S. The lowest BCUT2D eigenvalue weighted by molar-refractivity contribution is -0.141. The van der Waals surface area contributed by atoms with E-state index in [0.717, 1.165) is 30.8 Å². The maximum absolute atomic E-state index is 12.4. The van der Waals surface area contributed by atoms with Crippen molar-refractivity contribution in [3.63, 3.8) is 0 Å². The highest BCUT2D eigenvalue weighted by Gasteiger charge is 2.38. The molecular weight excluding hydrogens is 298 g/mol. The Hall–Kier alpha value is -1.69. The van der Waals surface area contributed by atoms with E-state index in [2.05, 4.69) is 10.1 Å². The molecule has 2 aliphatic rings. The number of likely N-dealkylation sites (tertiary alicyclic amines) is 1. The first-order chi connectivity index (χ1) is 10.8. The minimum Gasteiger partial charge on any atom is -0.341 e. The van der Waals surface area contributed by atoms with E-state index in [1.165, 1.54) is 19.3 Å². The fourth-order valence-electron chi connectivity index (χ4n) is 3.33. The summed E-state index contributed by atoms with van der Waals surface area (Å²) >= 11 is 1.60. The van der Waals surface area contributed by atoms with Crippen molar-refractivity contribution in [2.75, 3.05) is 13.1 Å². The van der Waals surface area contributed by atoms with Crippen LogP contribution in [0.5, 0.6) is 0 Å². The standard InChI is InChI=1S/C16H19N3O2S/c20-16(11-5-2-1-3-6-11)19-9-12(10-19)15-17-14(18-21-15)13-7-4-8-22-13/h4,7-8,11-12H,1-3,5-6,9-10H2. The van der Waals surface area contributed by atoms with Gasteiger partial charge in [-0.25, -0.2) is 0 Å². The number of hydrogen-bond acceptors (Lipinski definition) is 5. The molecule has 1 aliphatic carbocycles. The van der Waals surface area contributed by atoms with Gasteiger partial charge in [-0.3, -0.25) is 4.79 Å². The van der Waals surface area contributed by atoms with E-state index in [1.807, 2.05) is 22.4 Å². The van der Waals surface area contributed by atoms with Crippen LogP contribution in [0.25, 0.3) is 10.7 Å². The van der Waals surface area contributed by atoms with Crippen molar-refractivity contribution in [1.29, 1.82) is 0 Å². The van der Waals surface area contributed by atoms with E-state index < -0.39 is 0 Å². The summed E-state index contributed by atoms with van der Waals surface area (Å²) in [5.74, 6) is 2.10. The molecule has 2 aromatic rings. The summed E-state index contributed by atoms with van der Waals surface area (Å²) in [6, 6.07) is 3.96. The fourth-order valence-corrected chi connectivity index (χ4v) is 3.98. The molecule has 0 atom stereocenters. The average Bonchev–Trinajstić information content (AvgIpc) is 3.17. The van der Waals surface area contributed by atoms with E-state index in [1.54, 1.807) is 11.3 Å². The topological polar surface area (TPSA) is 59.2 Å². The Morgan fingerprint density at radius 2 is 2.09 bits per heavy atom. The second kappa shape index (κ2) is 5.83. The highest BCUT2D eigenvalue weighted by molar-refractivity contribution is 7.13. The van der Waals surface area contributed by atoms with Crippen molar-refractivity contribution in [1.82, 2.24) is 15.0 Å². The molecule has 22 heavy (non-hydrogen) atoms. The number of hydrogen-bond donors (Lipinski definition) is 0. The molecule has 4 rings (SSSR count). The Morgan fingerprint density at radius 3 is 2.82 bits per heavy atom. The third kappa shape index (κ3) is 2.56. The van der Waals surface area contributed by atoms with Gasteiger partial charge in [0.2, 0.25) is 17.6 Å². The normalized spacial score (nSPS) is 20.1. The van der Waals surface area contributed by atoms with Crippen molar-refractivity contribution in [3.8, 4) is 10.7 Å². The first-order valence-corrected chi connectivity index (χ1v) is 8.85. The van der Waals surface area contributed by atoms with E-state index in [4.69, 9.17) is 4.52 Å². The molecule has 0 aromatic carbocycles. The SMILES string of the molecule is O=C(C1CCCCC1)N1CC(c2nc(-c3cccs3)no2)C1. The Labute approximate surface area is 133 Å². The molecule has 3 heterocycles. The second-order valence-electron chi connectivity index (χ2n) is 6.21. The van der Waals surface area contributed by atoms with Crippen molar-refractivity contribution >= 4 is 17.2 Å². The third-order valence-electron chi connectivity index (χ3n) is 4.68. The second-order valence-corrected chi connectivity index (χ2v) is 7.16. The van der Waals surface area contributed by atoms with E-state index in [9.17, 15) is 4.79 Å². The van der Waals surface area contributed by atoms with Gasteiger partial charge in [0.25, 0.3) is 0 Å². The Balaban J connectivity index is 1.36. The Kier molecular flexibility index (Phi) is 3.70. The Bertz CT molecular complexity index is 640. The molecule has 1 aliphatic heterocycles. The number of carbonyl (C=O) groups excluding carboxylic acids is 1.